The Balaban J connectivity index is 2.23. The van der Waals surface area contributed by atoms with Crippen LogP contribution in [0, 0.1) is 13.8 Å². The van der Waals surface area contributed by atoms with Gasteiger partial charge in [0.1, 0.15) is 10.9 Å². The van der Waals surface area contributed by atoms with Crippen molar-refractivity contribution in [2.24, 2.45) is 0 Å². The second kappa shape index (κ2) is 5.28. The predicted molar refractivity (Wildman–Crippen MR) is 74.8 cm³/mol. The van der Waals surface area contributed by atoms with E-state index in [2.05, 4.69) is 10.3 Å². The van der Waals surface area contributed by atoms with Crippen molar-refractivity contribution in [1.29, 1.82) is 0 Å². The lowest BCUT2D eigenvalue weighted by Crippen LogP contribution is -2.13. The highest BCUT2D eigenvalue weighted by Crippen LogP contribution is 2.20. The molecule has 5 heteroatoms. The molecule has 1 aromatic carbocycles. The van der Waals surface area contributed by atoms with Crippen LogP contribution in [-0.4, -0.2) is 16.0 Å². The van der Waals surface area contributed by atoms with Gasteiger partial charge >= 0.3 is 0 Å². The van der Waals surface area contributed by atoms with Gasteiger partial charge in [-0.1, -0.05) is 17.7 Å². The molecule has 2 rings (SSSR count). The molecule has 0 spiro atoms. The zero-order valence-electron chi connectivity index (χ0n) is 10.6. The molecule has 0 aliphatic heterocycles. The first-order valence-electron chi connectivity index (χ1n) is 5.71. The second-order valence-corrected chi connectivity index (χ2v) is 4.61. The number of aromatic hydroxyl groups is 1. The number of nitrogens with one attached hydrogen (secondary N) is 1. The lowest BCUT2D eigenvalue weighted by atomic mass is 10.1. The van der Waals surface area contributed by atoms with E-state index < -0.39 is 0 Å². The van der Waals surface area contributed by atoms with Crippen LogP contribution >= 0.6 is 11.6 Å². The number of phenolic OH excluding ortho intramolecular Hbond substituents is 1. The average Bonchev–Trinajstić information content (AvgIpc) is 2.36. The van der Waals surface area contributed by atoms with Crippen LogP contribution in [0.5, 0.6) is 5.75 Å². The van der Waals surface area contributed by atoms with Gasteiger partial charge in [0.2, 0.25) is 0 Å². The van der Waals surface area contributed by atoms with E-state index in [-0.39, 0.29) is 11.7 Å². The standard InChI is InChI=1S/C14H13ClN2O2/c1-8-3-4-10(7-12(8)18)14(19)17-11-5-6-13(15)16-9(11)2/h3-7,18H,1-2H3,(H,17,19). The van der Waals surface area contributed by atoms with Crippen LogP contribution in [0.15, 0.2) is 30.3 Å². The molecule has 0 aliphatic rings. The van der Waals surface area contributed by atoms with Crippen LogP contribution in [0.4, 0.5) is 5.69 Å². The number of pyridine rings is 1. The highest BCUT2D eigenvalue weighted by molar-refractivity contribution is 6.29. The molecule has 19 heavy (non-hydrogen) atoms. The van der Waals surface area contributed by atoms with Crippen LogP contribution in [0.2, 0.25) is 5.15 Å². The Morgan fingerprint density at radius 1 is 1.26 bits per heavy atom. The molecule has 0 saturated heterocycles. The lowest BCUT2D eigenvalue weighted by molar-refractivity contribution is 0.102. The Kier molecular flexibility index (Phi) is 3.71. The number of nitrogens with zero attached hydrogens (tertiary/aromatic N) is 1. The molecule has 0 aliphatic carbocycles. The Hall–Kier alpha value is -2.07. The summed E-state index contributed by atoms with van der Waals surface area (Å²) in [6.07, 6.45) is 0. The van der Waals surface area contributed by atoms with Crippen LogP contribution in [0.3, 0.4) is 0 Å². The third kappa shape index (κ3) is 3.03. The van der Waals surface area contributed by atoms with E-state index in [1.807, 2.05) is 0 Å². The van der Waals surface area contributed by atoms with Crippen LogP contribution in [0.25, 0.3) is 0 Å². The largest absolute Gasteiger partial charge is 0.508 e. The third-order valence-corrected chi connectivity index (χ3v) is 2.98. The maximum Gasteiger partial charge on any atom is 0.255 e. The fraction of sp³-hybridized carbons (Fsp3) is 0.143. The van der Waals surface area contributed by atoms with Crippen molar-refractivity contribution in [3.05, 3.63) is 52.3 Å². The van der Waals surface area contributed by atoms with Gasteiger partial charge in [-0.15, -0.1) is 0 Å². The normalized spacial score (nSPS) is 10.3. The number of phenols is 1. The molecule has 0 radical (unpaired) electrons. The number of carbonyl (C=O) groups excluding carboxylic acids is 1. The predicted octanol–water partition coefficient (Wildman–Crippen LogP) is 3.31. The number of carbonyl (C=O) groups is 1. The molecule has 4 nitrogen and oxygen atoms in total. The highest BCUT2D eigenvalue weighted by atomic mass is 35.5. The van der Waals surface area contributed by atoms with E-state index in [4.69, 9.17) is 11.6 Å². The summed E-state index contributed by atoms with van der Waals surface area (Å²) in [5.74, 6) is -0.207. The molecular formula is C14H13ClN2O2. The molecule has 0 fully saturated rings. The molecule has 0 saturated carbocycles. The summed E-state index contributed by atoms with van der Waals surface area (Å²) in [5, 5.41) is 12.7. The average molecular weight is 277 g/mol. The summed E-state index contributed by atoms with van der Waals surface area (Å²) < 4.78 is 0. The Morgan fingerprint density at radius 2 is 2.00 bits per heavy atom. The molecule has 0 atom stereocenters. The first-order chi connectivity index (χ1) is 8.97. The van der Waals surface area contributed by atoms with Crippen molar-refractivity contribution in [2.45, 2.75) is 13.8 Å². The maximum atomic E-state index is 12.0. The quantitative estimate of drug-likeness (QED) is 0.827. The van der Waals surface area contributed by atoms with E-state index in [1.54, 1.807) is 38.1 Å². The van der Waals surface area contributed by atoms with Crippen molar-refractivity contribution >= 4 is 23.2 Å². The van der Waals surface area contributed by atoms with E-state index >= 15 is 0 Å². The van der Waals surface area contributed by atoms with Crippen molar-refractivity contribution in [2.75, 3.05) is 5.32 Å². The molecule has 2 aromatic rings. The number of hydrogen-bond donors (Lipinski definition) is 2. The minimum atomic E-state index is -0.303. The van der Waals surface area contributed by atoms with Crippen LogP contribution in [-0.2, 0) is 0 Å². The molecule has 0 bridgehead atoms. The van der Waals surface area contributed by atoms with E-state index in [9.17, 15) is 9.90 Å². The number of aryl methyl sites for hydroxylation is 2. The lowest BCUT2D eigenvalue weighted by Gasteiger charge is -2.08. The molecule has 2 N–H and O–H groups in total. The highest BCUT2D eigenvalue weighted by Gasteiger charge is 2.10. The van der Waals surface area contributed by atoms with E-state index in [0.717, 1.165) is 5.56 Å². The molecule has 1 amide bonds. The molecule has 0 unspecified atom stereocenters. The number of anilines is 1. The molecule has 1 heterocycles. The fourth-order valence-electron chi connectivity index (χ4n) is 1.61. The van der Waals surface area contributed by atoms with Crippen molar-refractivity contribution in [1.82, 2.24) is 4.98 Å². The number of halogens is 1. The number of benzene rings is 1. The monoisotopic (exact) mass is 276 g/mol. The fourth-order valence-corrected chi connectivity index (χ4v) is 1.80. The molecular weight excluding hydrogens is 264 g/mol. The topological polar surface area (TPSA) is 62.2 Å². The Bertz CT molecular complexity index is 641. The van der Waals surface area contributed by atoms with Crippen LogP contribution < -0.4 is 5.32 Å². The van der Waals surface area contributed by atoms with Crippen molar-refractivity contribution < 1.29 is 9.90 Å². The first-order valence-corrected chi connectivity index (χ1v) is 6.09. The van der Waals surface area contributed by atoms with Gasteiger partial charge in [-0.2, -0.15) is 0 Å². The van der Waals surface area contributed by atoms with Gasteiger partial charge in [0.05, 0.1) is 11.4 Å². The summed E-state index contributed by atoms with van der Waals surface area (Å²) >= 11 is 5.75. The summed E-state index contributed by atoms with van der Waals surface area (Å²) in [6.45, 7) is 3.53. The van der Waals surface area contributed by atoms with Gasteiger partial charge in [0.15, 0.2) is 0 Å². The van der Waals surface area contributed by atoms with Gasteiger partial charge in [-0.3, -0.25) is 4.79 Å². The number of amides is 1. The minimum absolute atomic E-state index is 0.0959. The second-order valence-electron chi connectivity index (χ2n) is 4.22. The zero-order valence-corrected chi connectivity index (χ0v) is 11.3. The number of rotatable bonds is 2. The summed E-state index contributed by atoms with van der Waals surface area (Å²) in [4.78, 5) is 16.1. The number of hydrogen-bond acceptors (Lipinski definition) is 3. The summed E-state index contributed by atoms with van der Waals surface area (Å²) in [6, 6.07) is 8.08. The SMILES string of the molecule is Cc1ccc(C(=O)Nc2ccc(Cl)nc2C)cc1O. The van der Waals surface area contributed by atoms with Gasteiger partial charge in [0.25, 0.3) is 5.91 Å². The minimum Gasteiger partial charge on any atom is -0.508 e. The molecule has 98 valence electrons. The Labute approximate surface area is 116 Å². The summed E-state index contributed by atoms with van der Waals surface area (Å²) in [5.41, 5.74) is 2.34. The first kappa shape index (κ1) is 13.4. The van der Waals surface area contributed by atoms with Crippen molar-refractivity contribution in [3.63, 3.8) is 0 Å². The maximum absolute atomic E-state index is 12.0. The van der Waals surface area contributed by atoms with Gasteiger partial charge in [-0.05, 0) is 43.7 Å². The zero-order chi connectivity index (χ0) is 14.0. The van der Waals surface area contributed by atoms with Crippen LogP contribution in [0.1, 0.15) is 21.6 Å². The van der Waals surface area contributed by atoms with E-state index in [1.165, 1.54) is 6.07 Å². The summed E-state index contributed by atoms with van der Waals surface area (Å²) in [7, 11) is 0. The Morgan fingerprint density at radius 3 is 2.63 bits per heavy atom. The number of aromatic nitrogens is 1. The van der Waals surface area contributed by atoms with E-state index in [0.29, 0.717) is 22.1 Å². The smallest absolute Gasteiger partial charge is 0.255 e. The third-order valence-electron chi connectivity index (χ3n) is 2.77. The van der Waals surface area contributed by atoms with Gasteiger partial charge in [0, 0.05) is 5.56 Å². The van der Waals surface area contributed by atoms with Crippen molar-refractivity contribution in [3.8, 4) is 5.75 Å². The van der Waals surface area contributed by atoms with Gasteiger partial charge in [-0.25, -0.2) is 4.98 Å². The molecule has 1 aromatic heterocycles. The van der Waals surface area contributed by atoms with Gasteiger partial charge < -0.3 is 10.4 Å².